The van der Waals surface area contributed by atoms with Crippen molar-refractivity contribution in [2.75, 3.05) is 12.3 Å². The van der Waals surface area contributed by atoms with Gasteiger partial charge in [-0.05, 0) is 24.0 Å². The molecule has 2 rings (SSSR count). The van der Waals surface area contributed by atoms with Gasteiger partial charge in [0, 0.05) is 24.6 Å². The van der Waals surface area contributed by atoms with Crippen LogP contribution in [0.3, 0.4) is 0 Å². The van der Waals surface area contributed by atoms with E-state index >= 15 is 0 Å². The Balaban J connectivity index is 2.08. The minimum Gasteiger partial charge on any atom is -0.454 e. The fourth-order valence-electron chi connectivity index (χ4n) is 2.41. The number of aromatic nitrogens is 2. The maximum Gasteiger partial charge on any atom is 0.332 e. The lowest BCUT2D eigenvalue weighted by Crippen LogP contribution is -2.43. The molecule has 1 heterocycles. The molecule has 0 aliphatic carbocycles. The average Bonchev–Trinajstić information content (AvgIpc) is 2.69. The fraction of sp³-hybridized carbons (Fsp3) is 0.263. The molecular formula is C19H21N3O5S. The van der Waals surface area contributed by atoms with Crippen LogP contribution < -0.4 is 17.0 Å². The fourth-order valence-corrected chi connectivity index (χ4v) is 3.06. The monoisotopic (exact) mass is 403 g/mol. The zero-order valence-electron chi connectivity index (χ0n) is 15.6. The highest BCUT2D eigenvalue weighted by molar-refractivity contribution is 8.02. The highest BCUT2D eigenvalue weighted by Crippen LogP contribution is 2.17. The molecule has 0 aliphatic rings. The van der Waals surface area contributed by atoms with Gasteiger partial charge in [-0.3, -0.25) is 18.7 Å². The number of carbonyl (C=O) groups excluding carboxylic acids is 2. The van der Waals surface area contributed by atoms with Crippen molar-refractivity contribution in [2.45, 2.75) is 24.8 Å². The molecule has 28 heavy (non-hydrogen) atoms. The van der Waals surface area contributed by atoms with Crippen molar-refractivity contribution in [2.24, 2.45) is 7.05 Å². The first-order chi connectivity index (χ1) is 13.4. The molecule has 0 amide bonds. The number of ketones is 1. The molecule has 8 nitrogen and oxygen atoms in total. The van der Waals surface area contributed by atoms with Gasteiger partial charge in [0.15, 0.2) is 6.61 Å². The first kappa shape index (κ1) is 21.2. The zero-order chi connectivity index (χ0) is 20.7. The number of nitrogen functional groups attached to an aromatic ring is 1. The molecule has 0 saturated heterocycles. The van der Waals surface area contributed by atoms with E-state index in [2.05, 4.69) is 0 Å². The topological polar surface area (TPSA) is 113 Å². The lowest BCUT2D eigenvalue weighted by atomic mass is 10.2. The Labute approximate surface area is 165 Å². The molecule has 1 aromatic heterocycles. The Morgan fingerprint density at radius 1 is 1.21 bits per heavy atom. The maximum absolute atomic E-state index is 12.4. The van der Waals surface area contributed by atoms with Crippen molar-refractivity contribution in [3.8, 4) is 0 Å². The molecule has 0 atom stereocenters. The number of esters is 1. The minimum atomic E-state index is -0.814. The van der Waals surface area contributed by atoms with Crippen LogP contribution in [0.1, 0.15) is 23.7 Å². The van der Waals surface area contributed by atoms with Gasteiger partial charge in [-0.15, -0.1) is 0 Å². The van der Waals surface area contributed by atoms with E-state index < -0.39 is 29.6 Å². The quantitative estimate of drug-likeness (QED) is 0.308. The Morgan fingerprint density at radius 2 is 1.89 bits per heavy atom. The molecule has 2 aromatic rings. The predicted molar refractivity (Wildman–Crippen MR) is 107 cm³/mol. The summed E-state index contributed by atoms with van der Waals surface area (Å²) in [6.07, 6.45) is 1.78. The van der Waals surface area contributed by atoms with Crippen molar-refractivity contribution >= 4 is 29.3 Å². The Bertz CT molecular complexity index is 1010. The lowest BCUT2D eigenvalue weighted by Gasteiger charge is -2.13. The summed E-state index contributed by atoms with van der Waals surface area (Å²) < 4.78 is 6.87. The van der Waals surface area contributed by atoms with Crippen LogP contribution in [0.4, 0.5) is 5.82 Å². The van der Waals surface area contributed by atoms with Gasteiger partial charge in [-0.1, -0.05) is 36.9 Å². The van der Waals surface area contributed by atoms with Crippen LogP contribution in [0.5, 0.6) is 0 Å². The number of Topliss-reactive ketones (excluding diaryl/α,β-unsaturated/α-hetero) is 1. The third-order valence-corrected chi connectivity index (χ3v) is 4.62. The number of nitrogens with zero attached hydrogens (tertiary/aromatic N) is 2. The molecule has 0 spiro atoms. The van der Waals surface area contributed by atoms with Crippen LogP contribution in [0.15, 0.2) is 56.3 Å². The second kappa shape index (κ2) is 9.75. The van der Waals surface area contributed by atoms with E-state index in [0.717, 1.165) is 14.0 Å². The number of nitrogens with two attached hydrogens (primary N) is 1. The summed E-state index contributed by atoms with van der Waals surface area (Å²) in [4.78, 5) is 49.5. The number of anilines is 1. The van der Waals surface area contributed by atoms with Crippen molar-refractivity contribution < 1.29 is 14.3 Å². The maximum atomic E-state index is 12.4. The molecule has 9 heteroatoms. The van der Waals surface area contributed by atoms with Crippen LogP contribution in [-0.2, 0) is 23.1 Å². The number of carbonyl (C=O) groups is 2. The third kappa shape index (κ3) is 5.01. The number of thioether (sulfide) groups is 1. The summed E-state index contributed by atoms with van der Waals surface area (Å²) in [7, 11) is 1.27. The van der Waals surface area contributed by atoms with Crippen LogP contribution >= 0.6 is 11.8 Å². The van der Waals surface area contributed by atoms with Crippen molar-refractivity contribution in [3.05, 3.63) is 68.2 Å². The molecule has 148 valence electrons. The molecule has 2 N–H and O–H groups in total. The van der Waals surface area contributed by atoms with E-state index in [1.54, 1.807) is 0 Å². The molecule has 0 radical (unpaired) electrons. The number of ether oxygens (including phenoxy) is 1. The van der Waals surface area contributed by atoms with Crippen molar-refractivity contribution in [1.29, 1.82) is 0 Å². The largest absolute Gasteiger partial charge is 0.454 e. The smallest absolute Gasteiger partial charge is 0.332 e. The minimum absolute atomic E-state index is 0.217. The van der Waals surface area contributed by atoms with Gasteiger partial charge in [0.2, 0.25) is 5.78 Å². The summed E-state index contributed by atoms with van der Waals surface area (Å²) in [6, 6.07) is 9.39. The van der Waals surface area contributed by atoms with Gasteiger partial charge >= 0.3 is 11.7 Å². The Kier molecular flexibility index (Phi) is 7.39. The van der Waals surface area contributed by atoms with E-state index in [9.17, 15) is 19.2 Å². The molecular weight excluding hydrogens is 382 g/mol. The van der Waals surface area contributed by atoms with Gasteiger partial charge in [0.25, 0.3) is 5.56 Å². The van der Waals surface area contributed by atoms with E-state index in [1.165, 1.54) is 30.3 Å². The molecule has 0 aliphatic heterocycles. The molecule has 0 unspecified atom stereocenters. The third-order valence-electron chi connectivity index (χ3n) is 3.81. The van der Waals surface area contributed by atoms with Gasteiger partial charge in [-0.25, -0.2) is 9.59 Å². The van der Waals surface area contributed by atoms with Gasteiger partial charge in [0.1, 0.15) is 11.4 Å². The average molecular weight is 403 g/mol. The number of hydrogen-bond acceptors (Lipinski definition) is 7. The van der Waals surface area contributed by atoms with Crippen LogP contribution in [-0.4, -0.2) is 27.5 Å². The summed E-state index contributed by atoms with van der Waals surface area (Å²) in [5, 5.41) is 1.54. The molecule has 1 aromatic carbocycles. The van der Waals surface area contributed by atoms with E-state index in [0.29, 0.717) is 6.42 Å². The van der Waals surface area contributed by atoms with Gasteiger partial charge in [-0.2, -0.15) is 0 Å². The molecule has 0 bridgehead atoms. The van der Waals surface area contributed by atoms with Gasteiger partial charge in [0.05, 0.1) is 0 Å². The summed E-state index contributed by atoms with van der Waals surface area (Å²) >= 11 is 1.32. The summed E-state index contributed by atoms with van der Waals surface area (Å²) in [5.41, 5.74) is 4.10. The standard InChI is InChI=1S/C19H21N3O5S/c1-3-10-22-17(20)16(18(25)21(2)19(22)26)14(23)12-27-15(24)9-11-28-13-7-5-4-6-8-13/h4-9,11H,3,10,12,20H2,1-2H3/b11-9+. The van der Waals surface area contributed by atoms with Crippen molar-refractivity contribution in [1.82, 2.24) is 9.13 Å². The van der Waals surface area contributed by atoms with E-state index in [-0.39, 0.29) is 17.9 Å². The summed E-state index contributed by atoms with van der Waals surface area (Å²) in [5.74, 6) is -1.71. The highest BCUT2D eigenvalue weighted by Gasteiger charge is 2.22. The normalized spacial score (nSPS) is 10.9. The van der Waals surface area contributed by atoms with Crippen LogP contribution in [0, 0.1) is 0 Å². The number of hydrogen-bond donors (Lipinski definition) is 1. The number of benzene rings is 1. The van der Waals surface area contributed by atoms with Crippen LogP contribution in [0.2, 0.25) is 0 Å². The first-order valence-corrected chi connectivity index (χ1v) is 9.42. The SMILES string of the molecule is CCCn1c(N)c(C(=O)COC(=O)/C=C/Sc2ccccc2)c(=O)n(C)c1=O. The van der Waals surface area contributed by atoms with Crippen LogP contribution in [0.25, 0.3) is 0 Å². The number of rotatable bonds is 8. The highest BCUT2D eigenvalue weighted by atomic mass is 32.2. The Morgan fingerprint density at radius 3 is 2.54 bits per heavy atom. The second-order valence-corrected chi connectivity index (χ2v) is 6.80. The molecule has 0 fully saturated rings. The molecule has 0 saturated carbocycles. The Hall–Kier alpha value is -3.07. The lowest BCUT2D eigenvalue weighted by molar-refractivity contribution is -0.136. The van der Waals surface area contributed by atoms with Crippen molar-refractivity contribution in [3.63, 3.8) is 0 Å². The summed E-state index contributed by atoms with van der Waals surface area (Å²) in [6.45, 7) is 1.45. The second-order valence-electron chi connectivity index (χ2n) is 5.82. The zero-order valence-corrected chi connectivity index (χ0v) is 16.4. The van der Waals surface area contributed by atoms with E-state index in [1.807, 2.05) is 37.3 Å². The first-order valence-electron chi connectivity index (χ1n) is 8.54. The van der Waals surface area contributed by atoms with Gasteiger partial charge < -0.3 is 10.5 Å². The predicted octanol–water partition coefficient (Wildman–Crippen LogP) is 1.57. The van der Waals surface area contributed by atoms with E-state index in [4.69, 9.17) is 10.5 Å².